The molecule has 1 aliphatic heterocycles. The van der Waals surface area contributed by atoms with Gasteiger partial charge in [-0.1, -0.05) is 11.6 Å². The first kappa shape index (κ1) is 14.9. The summed E-state index contributed by atoms with van der Waals surface area (Å²) in [7, 11) is 0. The summed E-state index contributed by atoms with van der Waals surface area (Å²) in [6, 6.07) is 4.62. The second kappa shape index (κ2) is 6.81. The molecule has 2 rings (SSSR count). The normalized spacial score (nSPS) is 16.4. The number of carbonyl (C=O) groups is 1. The number of likely N-dealkylation sites (tertiary alicyclic amines) is 1. The van der Waals surface area contributed by atoms with Crippen LogP contribution < -0.4 is 5.73 Å². The van der Waals surface area contributed by atoms with Gasteiger partial charge in [0.2, 0.25) is 0 Å². The van der Waals surface area contributed by atoms with Crippen LogP contribution in [-0.4, -0.2) is 43.2 Å². The average molecular weight is 280 g/mol. The molecule has 20 heavy (non-hydrogen) atoms. The van der Waals surface area contributed by atoms with Crippen molar-refractivity contribution < 1.29 is 13.9 Å². The highest BCUT2D eigenvalue weighted by Gasteiger charge is 2.25. The molecule has 1 aromatic carbocycles. The predicted octanol–water partition coefficient (Wildman–Crippen LogP) is 1.71. The van der Waals surface area contributed by atoms with Crippen LogP contribution in [0.3, 0.4) is 0 Å². The van der Waals surface area contributed by atoms with Crippen molar-refractivity contribution in [1.29, 1.82) is 0 Å². The van der Waals surface area contributed by atoms with Crippen LogP contribution in [0.4, 0.5) is 4.39 Å². The lowest BCUT2D eigenvalue weighted by Gasteiger charge is -2.32. The molecule has 0 saturated carbocycles. The fraction of sp³-hybridized carbons (Fsp3) is 0.533. The molecule has 0 aromatic heterocycles. The molecular formula is C15H21FN2O2. The van der Waals surface area contributed by atoms with Gasteiger partial charge in [-0.15, -0.1) is 0 Å². The van der Waals surface area contributed by atoms with E-state index >= 15 is 0 Å². The standard InChI is InChI=1S/C15H21FN2O2/c1-11-2-3-14(16)13(10-11)15(19)18-7-4-12(5-8-18)20-9-6-17/h2-3,10,12H,4-9,17H2,1H3. The number of ether oxygens (including phenoxy) is 1. The van der Waals surface area contributed by atoms with Gasteiger partial charge >= 0.3 is 0 Å². The summed E-state index contributed by atoms with van der Waals surface area (Å²) in [6.45, 7) is 4.10. The number of carbonyl (C=O) groups excluding carboxylic acids is 1. The van der Waals surface area contributed by atoms with Gasteiger partial charge < -0.3 is 15.4 Å². The van der Waals surface area contributed by atoms with Crippen molar-refractivity contribution in [2.75, 3.05) is 26.2 Å². The molecule has 0 spiro atoms. The lowest BCUT2D eigenvalue weighted by molar-refractivity contribution is 0.0120. The maximum absolute atomic E-state index is 13.7. The van der Waals surface area contributed by atoms with E-state index in [0.29, 0.717) is 26.2 Å². The number of hydrogen-bond donors (Lipinski definition) is 1. The maximum atomic E-state index is 13.7. The number of amides is 1. The molecule has 0 radical (unpaired) electrons. The predicted molar refractivity (Wildman–Crippen MR) is 75.1 cm³/mol. The summed E-state index contributed by atoms with van der Waals surface area (Å²) < 4.78 is 19.3. The summed E-state index contributed by atoms with van der Waals surface area (Å²) >= 11 is 0. The molecule has 4 nitrogen and oxygen atoms in total. The van der Waals surface area contributed by atoms with Crippen LogP contribution in [0.15, 0.2) is 18.2 Å². The Hall–Kier alpha value is -1.46. The zero-order valence-electron chi connectivity index (χ0n) is 11.8. The molecule has 0 bridgehead atoms. The Morgan fingerprint density at radius 2 is 2.15 bits per heavy atom. The van der Waals surface area contributed by atoms with Gasteiger partial charge in [-0.3, -0.25) is 4.79 Å². The van der Waals surface area contributed by atoms with E-state index in [1.165, 1.54) is 6.07 Å². The Labute approximate surface area is 118 Å². The Bertz CT molecular complexity index is 471. The monoisotopic (exact) mass is 280 g/mol. The molecule has 1 saturated heterocycles. The first-order valence-electron chi connectivity index (χ1n) is 6.99. The molecule has 110 valence electrons. The van der Waals surface area contributed by atoms with Crippen LogP contribution in [0.1, 0.15) is 28.8 Å². The van der Waals surface area contributed by atoms with Crippen molar-refractivity contribution in [1.82, 2.24) is 4.90 Å². The first-order chi connectivity index (χ1) is 9.61. The highest BCUT2D eigenvalue weighted by atomic mass is 19.1. The van der Waals surface area contributed by atoms with Crippen LogP contribution in [0.2, 0.25) is 0 Å². The Morgan fingerprint density at radius 1 is 1.45 bits per heavy atom. The molecule has 0 unspecified atom stereocenters. The SMILES string of the molecule is Cc1ccc(F)c(C(=O)N2CCC(OCCN)CC2)c1. The van der Waals surface area contributed by atoms with E-state index in [2.05, 4.69) is 0 Å². The third kappa shape index (κ3) is 3.55. The fourth-order valence-electron chi connectivity index (χ4n) is 2.43. The maximum Gasteiger partial charge on any atom is 0.256 e. The highest BCUT2D eigenvalue weighted by Crippen LogP contribution is 2.18. The summed E-state index contributed by atoms with van der Waals surface area (Å²) in [5.41, 5.74) is 6.44. The van der Waals surface area contributed by atoms with Crippen molar-refractivity contribution in [3.63, 3.8) is 0 Å². The van der Waals surface area contributed by atoms with Crippen LogP contribution in [0.5, 0.6) is 0 Å². The second-order valence-electron chi connectivity index (χ2n) is 5.13. The number of rotatable bonds is 4. The summed E-state index contributed by atoms with van der Waals surface area (Å²) in [5.74, 6) is -0.689. The Kier molecular flexibility index (Phi) is 5.09. The molecule has 5 heteroatoms. The van der Waals surface area contributed by atoms with Crippen LogP contribution in [0.25, 0.3) is 0 Å². The number of benzene rings is 1. The third-order valence-electron chi connectivity index (χ3n) is 3.55. The third-order valence-corrected chi connectivity index (χ3v) is 3.55. The van der Waals surface area contributed by atoms with E-state index in [1.54, 1.807) is 17.0 Å². The van der Waals surface area contributed by atoms with Crippen molar-refractivity contribution in [3.8, 4) is 0 Å². The van der Waals surface area contributed by atoms with E-state index in [-0.39, 0.29) is 17.6 Å². The van der Waals surface area contributed by atoms with E-state index in [9.17, 15) is 9.18 Å². The number of nitrogens with two attached hydrogens (primary N) is 1. The smallest absolute Gasteiger partial charge is 0.256 e. The van der Waals surface area contributed by atoms with Crippen molar-refractivity contribution >= 4 is 5.91 Å². The Morgan fingerprint density at radius 3 is 2.80 bits per heavy atom. The molecule has 1 amide bonds. The topological polar surface area (TPSA) is 55.6 Å². The number of hydrogen-bond acceptors (Lipinski definition) is 3. The number of aryl methyl sites for hydroxylation is 1. The lowest BCUT2D eigenvalue weighted by Crippen LogP contribution is -2.41. The molecule has 0 aliphatic carbocycles. The number of piperidine rings is 1. The second-order valence-corrected chi connectivity index (χ2v) is 5.13. The molecule has 2 N–H and O–H groups in total. The average Bonchev–Trinajstić information content (AvgIpc) is 2.47. The van der Waals surface area contributed by atoms with Crippen molar-refractivity contribution in [2.24, 2.45) is 5.73 Å². The Balaban J connectivity index is 1.96. The number of halogens is 1. The van der Waals surface area contributed by atoms with E-state index in [0.717, 1.165) is 18.4 Å². The van der Waals surface area contributed by atoms with Crippen molar-refractivity contribution in [3.05, 3.63) is 35.1 Å². The summed E-state index contributed by atoms with van der Waals surface area (Å²) in [5, 5.41) is 0. The molecule has 1 aromatic rings. The van der Waals surface area contributed by atoms with Gasteiger partial charge in [0.05, 0.1) is 18.3 Å². The minimum absolute atomic E-state index is 0.157. The van der Waals surface area contributed by atoms with E-state index < -0.39 is 5.82 Å². The van der Waals surface area contributed by atoms with Gasteiger partial charge in [0.15, 0.2) is 0 Å². The van der Waals surface area contributed by atoms with Gasteiger partial charge in [0.25, 0.3) is 5.91 Å². The van der Waals surface area contributed by atoms with Gasteiger partial charge in [0.1, 0.15) is 5.82 Å². The van der Waals surface area contributed by atoms with Gasteiger partial charge in [-0.05, 0) is 31.9 Å². The minimum atomic E-state index is -0.456. The molecule has 1 heterocycles. The molecule has 1 aliphatic rings. The largest absolute Gasteiger partial charge is 0.377 e. The quantitative estimate of drug-likeness (QED) is 0.913. The molecule has 1 fully saturated rings. The first-order valence-corrected chi connectivity index (χ1v) is 6.99. The highest BCUT2D eigenvalue weighted by molar-refractivity contribution is 5.94. The fourth-order valence-corrected chi connectivity index (χ4v) is 2.43. The minimum Gasteiger partial charge on any atom is -0.377 e. The van der Waals surface area contributed by atoms with Gasteiger partial charge in [-0.2, -0.15) is 0 Å². The zero-order chi connectivity index (χ0) is 14.5. The van der Waals surface area contributed by atoms with Gasteiger partial charge in [0, 0.05) is 19.6 Å². The summed E-state index contributed by atoms with van der Waals surface area (Å²) in [6.07, 6.45) is 1.71. The lowest BCUT2D eigenvalue weighted by atomic mass is 10.0. The van der Waals surface area contributed by atoms with Crippen molar-refractivity contribution in [2.45, 2.75) is 25.9 Å². The van der Waals surface area contributed by atoms with E-state index in [1.807, 2.05) is 6.92 Å². The van der Waals surface area contributed by atoms with Crippen LogP contribution in [-0.2, 0) is 4.74 Å². The zero-order valence-corrected chi connectivity index (χ0v) is 11.8. The van der Waals surface area contributed by atoms with Crippen LogP contribution >= 0.6 is 0 Å². The van der Waals surface area contributed by atoms with Crippen LogP contribution in [0, 0.1) is 12.7 Å². The molecular weight excluding hydrogens is 259 g/mol. The number of nitrogens with zero attached hydrogens (tertiary/aromatic N) is 1. The van der Waals surface area contributed by atoms with Gasteiger partial charge in [-0.25, -0.2) is 4.39 Å². The summed E-state index contributed by atoms with van der Waals surface area (Å²) in [4.78, 5) is 14.0. The molecule has 0 atom stereocenters. The van der Waals surface area contributed by atoms with E-state index in [4.69, 9.17) is 10.5 Å².